The first-order valence-electron chi connectivity index (χ1n) is 5.01. The molecule has 0 saturated carbocycles. The van der Waals surface area contributed by atoms with Gasteiger partial charge in [0.1, 0.15) is 6.54 Å². The minimum atomic E-state index is 0. The number of hydrogen-bond acceptors (Lipinski definition) is 0. The van der Waals surface area contributed by atoms with Crippen LogP contribution in [0, 0.1) is 0 Å². The molecular weight excluding hydrogens is 206 g/mol. The maximum absolute atomic E-state index is 3.79. The molecule has 0 fully saturated rings. The summed E-state index contributed by atoms with van der Waals surface area (Å²) in [7, 11) is 6.64. The molecule has 1 aromatic rings. The second-order valence-corrected chi connectivity index (χ2v) is 4.71. The Morgan fingerprint density at radius 1 is 1.13 bits per heavy atom. The largest absolute Gasteiger partial charge is 1.00 e. The molecule has 0 N–H and O–H groups in total. The molecule has 0 spiro atoms. The number of halogens is 1. The molecule has 0 atom stereocenters. The third-order valence-electron chi connectivity index (χ3n) is 2.13. The van der Waals surface area contributed by atoms with Gasteiger partial charge in [0.25, 0.3) is 0 Å². The Bertz CT molecular complexity index is 313. The van der Waals surface area contributed by atoms with Crippen LogP contribution in [0.3, 0.4) is 0 Å². The summed E-state index contributed by atoms with van der Waals surface area (Å²) >= 11 is 0. The first kappa shape index (κ1) is 14.2. The Kier molecular flexibility index (Phi) is 5.63. The average molecular weight is 226 g/mol. The van der Waals surface area contributed by atoms with Crippen molar-refractivity contribution in [3.63, 3.8) is 0 Å². The predicted octanol–water partition coefficient (Wildman–Crippen LogP) is -0.375. The van der Waals surface area contributed by atoms with Gasteiger partial charge in [0.05, 0.1) is 21.1 Å². The van der Waals surface area contributed by atoms with Crippen LogP contribution in [0.5, 0.6) is 0 Å². The number of hydrogen-bond donors (Lipinski definition) is 0. The van der Waals surface area contributed by atoms with Gasteiger partial charge in [0.2, 0.25) is 0 Å². The van der Waals surface area contributed by atoms with Crippen molar-refractivity contribution < 1.29 is 16.9 Å². The highest BCUT2D eigenvalue weighted by atomic mass is 35.5. The Labute approximate surface area is 99.4 Å². The van der Waals surface area contributed by atoms with Gasteiger partial charge in [-0.3, -0.25) is 0 Å². The highest BCUT2D eigenvalue weighted by molar-refractivity contribution is 5.28. The van der Waals surface area contributed by atoms with Gasteiger partial charge in [-0.15, -0.1) is 6.58 Å². The van der Waals surface area contributed by atoms with Crippen LogP contribution in [0.25, 0.3) is 0 Å². The topological polar surface area (TPSA) is 0 Å². The molecule has 0 unspecified atom stereocenters. The lowest BCUT2D eigenvalue weighted by atomic mass is 10.0. The lowest BCUT2D eigenvalue weighted by molar-refractivity contribution is -0.884. The lowest BCUT2D eigenvalue weighted by Gasteiger charge is -2.25. The zero-order chi connectivity index (χ0) is 10.6. The lowest BCUT2D eigenvalue weighted by Crippen LogP contribution is -3.00. The van der Waals surface area contributed by atoms with Gasteiger partial charge in [0.15, 0.2) is 0 Å². The van der Waals surface area contributed by atoms with E-state index < -0.39 is 0 Å². The number of allylic oxidation sites excluding steroid dienone is 1. The van der Waals surface area contributed by atoms with Crippen molar-refractivity contribution >= 4 is 0 Å². The van der Waals surface area contributed by atoms with Crippen molar-refractivity contribution in [1.82, 2.24) is 0 Å². The Balaban J connectivity index is 0.00000196. The maximum Gasteiger partial charge on any atom is 0.104 e. The van der Waals surface area contributed by atoms with Crippen LogP contribution in [-0.2, 0) is 13.0 Å². The van der Waals surface area contributed by atoms with Crippen LogP contribution in [0.1, 0.15) is 11.1 Å². The molecule has 1 rings (SSSR count). The van der Waals surface area contributed by atoms with Crippen LogP contribution < -0.4 is 12.4 Å². The molecule has 0 bridgehead atoms. The van der Waals surface area contributed by atoms with Crippen LogP contribution in [0.4, 0.5) is 0 Å². The first-order chi connectivity index (χ1) is 6.53. The number of benzene rings is 1. The highest BCUT2D eigenvalue weighted by Gasteiger charge is 2.10. The number of quaternary nitrogens is 1. The van der Waals surface area contributed by atoms with Crippen LogP contribution in [0.15, 0.2) is 36.9 Å². The molecule has 0 aliphatic carbocycles. The van der Waals surface area contributed by atoms with E-state index in [0.29, 0.717) is 0 Å². The summed E-state index contributed by atoms with van der Waals surface area (Å²) in [5, 5.41) is 0. The molecule has 0 saturated heterocycles. The summed E-state index contributed by atoms with van der Waals surface area (Å²) in [4.78, 5) is 0. The highest BCUT2D eigenvalue weighted by Crippen LogP contribution is 2.13. The molecule has 0 aromatic heterocycles. The third kappa shape index (κ3) is 5.01. The molecular formula is C13H20ClN. The van der Waals surface area contributed by atoms with E-state index in [4.69, 9.17) is 0 Å². The molecule has 0 radical (unpaired) electrons. The fraction of sp³-hybridized carbons (Fsp3) is 0.385. The summed E-state index contributed by atoms with van der Waals surface area (Å²) in [6.45, 7) is 4.86. The number of nitrogens with zero attached hydrogens (tertiary/aromatic N) is 1. The van der Waals surface area contributed by atoms with Crippen molar-refractivity contribution in [3.05, 3.63) is 48.0 Å². The van der Waals surface area contributed by atoms with Crippen molar-refractivity contribution in [2.24, 2.45) is 0 Å². The van der Waals surface area contributed by atoms with Crippen molar-refractivity contribution in [1.29, 1.82) is 0 Å². The van der Waals surface area contributed by atoms with Crippen LogP contribution in [-0.4, -0.2) is 25.6 Å². The second kappa shape index (κ2) is 5.94. The molecule has 1 aromatic carbocycles. The summed E-state index contributed by atoms with van der Waals surface area (Å²) in [5.41, 5.74) is 2.83. The zero-order valence-corrected chi connectivity index (χ0v) is 10.6. The molecule has 2 heteroatoms. The van der Waals surface area contributed by atoms with Crippen molar-refractivity contribution in [2.75, 3.05) is 21.1 Å². The summed E-state index contributed by atoms with van der Waals surface area (Å²) in [6.07, 6.45) is 2.94. The quantitative estimate of drug-likeness (QED) is 0.485. The van der Waals surface area contributed by atoms with E-state index >= 15 is 0 Å². The van der Waals surface area contributed by atoms with Gasteiger partial charge in [-0.1, -0.05) is 30.3 Å². The van der Waals surface area contributed by atoms with Gasteiger partial charge in [-0.25, -0.2) is 0 Å². The molecule has 0 aliphatic rings. The maximum atomic E-state index is 3.79. The molecule has 15 heavy (non-hydrogen) atoms. The summed E-state index contributed by atoms with van der Waals surface area (Å²) in [6, 6.07) is 8.60. The fourth-order valence-electron chi connectivity index (χ4n) is 1.58. The first-order valence-corrected chi connectivity index (χ1v) is 5.01. The van der Waals surface area contributed by atoms with Gasteiger partial charge in [0, 0.05) is 5.56 Å². The molecule has 0 heterocycles. The van der Waals surface area contributed by atoms with E-state index in [9.17, 15) is 0 Å². The average Bonchev–Trinajstić information content (AvgIpc) is 2.06. The normalized spacial score (nSPS) is 10.6. The zero-order valence-electron chi connectivity index (χ0n) is 9.83. The number of rotatable bonds is 4. The second-order valence-electron chi connectivity index (χ2n) is 4.71. The third-order valence-corrected chi connectivity index (χ3v) is 2.13. The summed E-state index contributed by atoms with van der Waals surface area (Å²) in [5.74, 6) is 0. The van der Waals surface area contributed by atoms with Crippen LogP contribution in [0.2, 0.25) is 0 Å². The van der Waals surface area contributed by atoms with E-state index in [1.165, 1.54) is 11.1 Å². The predicted molar refractivity (Wildman–Crippen MR) is 62.1 cm³/mol. The van der Waals surface area contributed by atoms with E-state index in [1.807, 2.05) is 6.08 Å². The van der Waals surface area contributed by atoms with E-state index in [-0.39, 0.29) is 12.4 Å². The fourth-order valence-corrected chi connectivity index (χ4v) is 1.58. The smallest absolute Gasteiger partial charge is 0.104 e. The molecule has 84 valence electrons. The molecule has 1 nitrogen and oxygen atoms in total. The Morgan fingerprint density at radius 3 is 2.13 bits per heavy atom. The van der Waals surface area contributed by atoms with E-state index in [0.717, 1.165) is 17.4 Å². The minimum absolute atomic E-state index is 0. The molecule has 0 aliphatic heterocycles. The van der Waals surface area contributed by atoms with Gasteiger partial charge >= 0.3 is 0 Å². The minimum Gasteiger partial charge on any atom is -1.00 e. The van der Waals surface area contributed by atoms with Gasteiger partial charge in [-0.2, -0.15) is 0 Å². The summed E-state index contributed by atoms with van der Waals surface area (Å²) < 4.78 is 0.966. The SMILES string of the molecule is C=CCc1ccccc1C[N+](C)(C)C.[Cl-]. The molecule has 0 amide bonds. The van der Waals surface area contributed by atoms with E-state index in [1.54, 1.807) is 0 Å². The van der Waals surface area contributed by atoms with Gasteiger partial charge < -0.3 is 16.9 Å². The monoisotopic (exact) mass is 225 g/mol. The standard InChI is InChI=1S/C13H20N.ClH/c1-5-8-12-9-6-7-10-13(12)11-14(2,3)4;/h5-7,9-10H,1,8,11H2,2-4H3;1H/q+1;/p-1. The van der Waals surface area contributed by atoms with E-state index in [2.05, 4.69) is 52.0 Å². The van der Waals surface area contributed by atoms with Crippen LogP contribution >= 0.6 is 0 Å². The Morgan fingerprint density at radius 2 is 1.67 bits per heavy atom. The Hall–Kier alpha value is -0.790. The van der Waals surface area contributed by atoms with Crippen molar-refractivity contribution in [2.45, 2.75) is 13.0 Å². The van der Waals surface area contributed by atoms with Gasteiger partial charge in [-0.05, 0) is 12.0 Å². The van der Waals surface area contributed by atoms with Crippen molar-refractivity contribution in [3.8, 4) is 0 Å².